The van der Waals surface area contributed by atoms with E-state index < -0.39 is 17.8 Å². The van der Waals surface area contributed by atoms with Gasteiger partial charge in [-0.2, -0.15) is 0 Å². The standard InChI is InChI=1S/C35H49FN6O7/c1-6-39(7-2)13-16-42(35(46)49-19-17-40-11-14-41(15-12-40)31(43)10-18-48-21-20-47-5)34(45)32-24(3)30(37-25(32)4)23-28-27-22-26(36)8-9-29(27)38-33(28)44/h8-9,22-23,37H,6-7,10-21H2,1-5H3,(H,38,44)/b28-23-. The molecule has 2 N–H and O–H groups in total. The van der Waals surface area contributed by atoms with Crippen LogP contribution in [-0.2, 0) is 23.8 Å². The Morgan fingerprint density at radius 1 is 1.00 bits per heavy atom. The molecule has 1 saturated heterocycles. The summed E-state index contributed by atoms with van der Waals surface area (Å²) < 4.78 is 30.0. The van der Waals surface area contributed by atoms with E-state index in [2.05, 4.69) is 20.1 Å². The number of ether oxygens (including phenoxy) is 3. The number of halogens is 1. The van der Waals surface area contributed by atoms with Gasteiger partial charge in [-0.05, 0) is 56.8 Å². The van der Waals surface area contributed by atoms with Gasteiger partial charge in [0.05, 0.1) is 37.4 Å². The molecule has 4 amide bonds. The first-order valence-electron chi connectivity index (χ1n) is 16.9. The van der Waals surface area contributed by atoms with Gasteiger partial charge in [-0.15, -0.1) is 0 Å². The summed E-state index contributed by atoms with van der Waals surface area (Å²) in [5.41, 5.74) is 3.12. The number of hydrogen-bond acceptors (Lipinski definition) is 9. The Bertz CT molecular complexity index is 1510. The molecule has 2 aromatic rings. The Morgan fingerprint density at radius 3 is 2.43 bits per heavy atom. The molecule has 49 heavy (non-hydrogen) atoms. The van der Waals surface area contributed by atoms with Gasteiger partial charge in [-0.25, -0.2) is 14.1 Å². The van der Waals surface area contributed by atoms with Gasteiger partial charge in [0, 0.05) is 75.6 Å². The van der Waals surface area contributed by atoms with Crippen LogP contribution in [0.25, 0.3) is 11.6 Å². The van der Waals surface area contributed by atoms with E-state index in [0.29, 0.717) is 99.3 Å². The van der Waals surface area contributed by atoms with E-state index in [1.807, 2.05) is 18.7 Å². The van der Waals surface area contributed by atoms with E-state index in [4.69, 9.17) is 14.2 Å². The maximum absolute atomic E-state index is 14.0. The van der Waals surface area contributed by atoms with Crippen LogP contribution in [0.3, 0.4) is 0 Å². The summed E-state index contributed by atoms with van der Waals surface area (Å²) >= 11 is 0. The summed E-state index contributed by atoms with van der Waals surface area (Å²) in [6.07, 6.45) is 1.18. The first-order chi connectivity index (χ1) is 23.6. The highest BCUT2D eigenvalue weighted by atomic mass is 19.1. The normalized spacial score (nSPS) is 15.5. The molecular formula is C35H49FN6O7. The van der Waals surface area contributed by atoms with Crippen LogP contribution in [0.5, 0.6) is 0 Å². The molecule has 4 rings (SSSR count). The summed E-state index contributed by atoms with van der Waals surface area (Å²) in [4.78, 5) is 63.1. The molecule has 1 aromatic carbocycles. The van der Waals surface area contributed by atoms with Crippen LogP contribution in [0.4, 0.5) is 14.9 Å². The number of nitrogens with one attached hydrogen (secondary N) is 2. The van der Waals surface area contributed by atoms with E-state index in [9.17, 15) is 23.6 Å². The molecular weight excluding hydrogens is 635 g/mol. The number of benzene rings is 1. The van der Waals surface area contributed by atoms with Gasteiger partial charge >= 0.3 is 6.09 Å². The number of aryl methyl sites for hydroxylation is 1. The lowest BCUT2D eigenvalue weighted by molar-refractivity contribution is -0.134. The van der Waals surface area contributed by atoms with Crippen LogP contribution in [-0.4, -0.2) is 141 Å². The minimum Gasteiger partial charge on any atom is -0.448 e. The fourth-order valence-electron chi connectivity index (χ4n) is 6.00. The van der Waals surface area contributed by atoms with E-state index in [-0.39, 0.29) is 30.5 Å². The molecule has 268 valence electrons. The minimum absolute atomic E-state index is 0.0470. The third-order valence-corrected chi connectivity index (χ3v) is 8.99. The summed E-state index contributed by atoms with van der Waals surface area (Å²) in [5, 5.41) is 2.74. The number of aromatic nitrogens is 1. The molecule has 1 aromatic heterocycles. The lowest BCUT2D eigenvalue weighted by Crippen LogP contribution is -2.50. The topological polar surface area (TPSA) is 137 Å². The maximum Gasteiger partial charge on any atom is 0.416 e. The number of aromatic amines is 1. The van der Waals surface area contributed by atoms with Gasteiger partial charge in [0.1, 0.15) is 12.4 Å². The van der Waals surface area contributed by atoms with Crippen LogP contribution in [0.2, 0.25) is 0 Å². The van der Waals surface area contributed by atoms with Crippen LogP contribution < -0.4 is 5.32 Å². The predicted octanol–water partition coefficient (Wildman–Crippen LogP) is 3.38. The zero-order chi connectivity index (χ0) is 35.5. The molecule has 2 aliphatic heterocycles. The average Bonchev–Trinajstić information content (AvgIpc) is 3.55. The molecule has 13 nitrogen and oxygen atoms in total. The van der Waals surface area contributed by atoms with Crippen molar-refractivity contribution in [3.8, 4) is 0 Å². The van der Waals surface area contributed by atoms with Crippen molar-refractivity contribution in [1.82, 2.24) is 24.6 Å². The molecule has 0 unspecified atom stereocenters. The Balaban J connectivity index is 1.39. The van der Waals surface area contributed by atoms with E-state index in [1.54, 1.807) is 27.0 Å². The van der Waals surface area contributed by atoms with Crippen molar-refractivity contribution in [3.63, 3.8) is 0 Å². The van der Waals surface area contributed by atoms with Crippen molar-refractivity contribution in [2.24, 2.45) is 0 Å². The molecule has 3 heterocycles. The Hall–Kier alpha value is -4.11. The fourth-order valence-corrected chi connectivity index (χ4v) is 6.00. The predicted molar refractivity (Wildman–Crippen MR) is 184 cm³/mol. The second-order valence-electron chi connectivity index (χ2n) is 12.0. The number of piperazine rings is 1. The molecule has 0 radical (unpaired) electrons. The van der Waals surface area contributed by atoms with Crippen LogP contribution in [0, 0.1) is 19.7 Å². The van der Waals surface area contributed by atoms with Gasteiger partial charge in [0.15, 0.2) is 0 Å². The number of rotatable bonds is 16. The lowest BCUT2D eigenvalue weighted by Gasteiger charge is -2.34. The van der Waals surface area contributed by atoms with Crippen molar-refractivity contribution in [3.05, 3.63) is 52.1 Å². The van der Waals surface area contributed by atoms with Crippen molar-refractivity contribution in [2.45, 2.75) is 34.1 Å². The van der Waals surface area contributed by atoms with Gasteiger partial charge in [-0.1, -0.05) is 13.8 Å². The zero-order valence-electron chi connectivity index (χ0n) is 29.2. The highest BCUT2D eigenvalue weighted by Gasteiger charge is 2.31. The number of anilines is 1. The molecule has 0 aliphatic carbocycles. The number of carbonyl (C=O) groups excluding carboxylic acids is 4. The number of fused-ring (bicyclic) bond motifs is 1. The van der Waals surface area contributed by atoms with Crippen molar-refractivity contribution in [1.29, 1.82) is 0 Å². The summed E-state index contributed by atoms with van der Waals surface area (Å²) in [6, 6.07) is 4.08. The first-order valence-corrected chi connectivity index (χ1v) is 16.9. The van der Waals surface area contributed by atoms with E-state index >= 15 is 0 Å². The number of nitrogens with zero attached hydrogens (tertiary/aromatic N) is 4. The highest BCUT2D eigenvalue weighted by molar-refractivity contribution is 6.35. The summed E-state index contributed by atoms with van der Waals surface area (Å²) in [7, 11) is 1.60. The van der Waals surface area contributed by atoms with Gasteiger partial charge in [0.2, 0.25) is 5.91 Å². The highest BCUT2D eigenvalue weighted by Crippen LogP contribution is 2.34. The molecule has 14 heteroatoms. The number of amides is 4. The zero-order valence-corrected chi connectivity index (χ0v) is 29.2. The van der Waals surface area contributed by atoms with Crippen LogP contribution >= 0.6 is 0 Å². The van der Waals surface area contributed by atoms with E-state index in [1.165, 1.54) is 18.2 Å². The number of imide groups is 1. The maximum atomic E-state index is 14.0. The number of methoxy groups -OCH3 is 1. The second-order valence-corrected chi connectivity index (χ2v) is 12.0. The molecule has 2 aliphatic rings. The quantitative estimate of drug-likeness (QED) is 0.202. The fraction of sp³-hybridized carbons (Fsp3) is 0.543. The van der Waals surface area contributed by atoms with E-state index in [0.717, 1.165) is 18.0 Å². The van der Waals surface area contributed by atoms with Gasteiger partial charge in [-0.3, -0.25) is 19.3 Å². The third-order valence-electron chi connectivity index (χ3n) is 8.99. The van der Waals surface area contributed by atoms with Crippen LogP contribution in [0.1, 0.15) is 53.1 Å². The molecule has 0 spiro atoms. The van der Waals surface area contributed by atoms with Crippen molar-refractivity contribution in [2.75, 3.05) is 97.8 Å². The second kappa shape index (κ2) is 18.0. The third kappa shape index (κ3) is 9.75. The Morgan fingerprint density at radius 2 is 1.73 bits per heavy atom. The summed E-state index contributed by atoms with van der Waals surface area (Å²) in [6.45, 7) is 13.9. The molecule has 0 saturated carbocycles. The number of likely N-dealkylation sites (N-methyl/N-ethyl adjacent to an activating group) is 1. The largest absolute Gasteiger partial charge is 0.448 e. The smallest absolute Gasteiger partial charge is 0.416 e. The molecule has 1 fully saturated rings. The monoisotopic (exact) mass is 684 g/mol. The van der Waals surface area contributed by atoms with Crippen molar-refractivity contribution < 1.29 is 37.8 Å². The first kappa shape index (κ1) is 37.7. The van der Waals surface area contributed by atoms with Crippen LogP contribution in [0.15, 0.2) is 18.2 Å². The summed E-state index contributed by atoms with van der Waals surface area (Å²) in [5.74, 6) is -1.30. The SMILES string of the molecule is CCN(CC)CCN(C(=O)OCCN1CCN(C(=O)CCOCCOC)CC1)C(=O)c1c(C)[nH]c(/C=C2\C(=O)Nc3ccc(F)cc32)c1C. The number of H-pyrrole nitrogens is 1. The van der Waals surface area contributed by atoms with Crippen molar-refractivity contribution >= 4 is 41.2 Å². The van der Waals surface area contributed by atoms with Gasteiger partial charge in [0.25, 0.3) is 11.8 Å². The number of hydrogen-bond donors (Lipinski definition) is 2. The Kier molecular flexibility index (Phi) is 13.9. The minimum atomic E-state index is -0.737. The Labute approximate surface area is 287 Å². The molecule has 0 atom stereocenters. The molecule has 0 bridgehead atoms. The van der Waals surface area contributed by atoms with Gasteiger partial charge < -0.3 is 34.3 Å². The lowest BCUT2D eigenvalue weighted by atomic mass is 10.0. The number of carbonyl (C=O) groups is 4. The average molecular weight is 685 g/mol.